The first-order valence-electron chi connectivity index (χ1n) is 5.65. The second kappa shape index (κ2) is 5.12. The highest BCUT2D eigenvalue weighted by Crippen LogP contribution is 2.17. The molecule has 0 bridgehead atoms. The third kappa shape index (κ3) is 3.06. The highest BCUT2D eigenvalue weighted by atomic mass is 16.5. The second-order valence-electron chi connectivity index (χ2n) is 4.10. The van der Waals surface area contributed by atoms with E-state index in [9.17, 15) is 4.79 Å². The van der Waals surface area contributed by atoms with E-state index in [1.54, 1.807) is 16.9 Å². The van der Waals surface area contributed by atoms with Gasteiger partial charge in [0.25, 0.3) is 0 Å². The summed E-state index contributed by atoms with van der Waals surface area (Å²) in [5, 5.41) is 6.84. The molecule has 1 saturated heterocycles. The summed E-state index contributed by atoms with van der Waals surface area (Å²) in [7, 11) is 1.82. The third-order valence-electron chi connectivity index (χ3n) is 2.70. The van der Waals surface area contributed by atoms with E-state index in [1.807, 2.05) is 7.05 Å². The number of rotatable bonds is 4. The Bertz CT molecular complexity index is 356. The molecule has 1 aromatic rings. The van der Waals surface area contributed by atoms with Crippen molar-refractivity contribution in [2.45, 2.75) is 31.8 Å². The van der Waals surface area contributed by atoms with Crippen molar-refractivity contribution in [3.8, 4) is 0 Å². The number of nitrogens with zero attached hydrogens (tertiary/aromatic N) is 2. The van der Waals surface area contributed by atoms with Crippen molar-refractivity contribution in [3.63, 3.8) is 0 Å². The first-order chi connectivity index (χ1) is 7.74. The van der Waals surface area contributed by atoms with Crippen LogP contribution < -0.4 is 5.32 Å². The van der Waals surface area contributed by atoms with Crippen molar-refractivity contribution < 1.29 is 9.53 Å². The van der Waals surface area contributed by atoms with Gasteiger partial charge in [0.15, 0.2) is 5.82 Å². The molecule has 16 heavy (non-hydrogen) atoms. The van der Waals surface area contributed by atoms with Gasteiger partial charge in [-0.05, 0) is 19.3 Å². The number of ether oxygens (including phenoxy) is 1. The van der Waals surface area contributed by atoms with Crippen LogP contribution in [0.1, 0.15) is 25.7 Å². The summed E-state index contributed by atoms with van der Waals surface area (Å²) in [5.74, 6) is 0.619. The Morgan fingerprint density at radius 1 is 1.75 bits per heavy atom. The topological polar surface area (TPSA) is 56.2 Å². The van der Waals surface area contributed by atoms with Crippen molar-refractivity contribution in [3.05, 3.63) is 12.3 Å². The summed E-state index contributed by atoms with van der Waals surface area (Å²) in [6.45, 7) is 0.840. The summed E-state index contributed by atoms with van der Waals surface area (Å²) in [4.78, 5) is 11.6. The van der Waals surface area contributed by atoms with Gasteiger partial charge >= 0.3 is 0 Å². The number of aryl methyl sites for hydroxylation is 1. The van der Waals surface area contributed by atoms with E-state index >= 15 is 0 Å². The van der Waals surface area contributed by atoms with Crippen LogP contribution >= 0.6 is 0 Å². The van der Waals surface area contributed by atoms with E-state index in [2.05, 4.69) is 10.4 Å². The maximum Gasteiger partial charge on any atom is 0.225 e. The van der Waals surface area contributed by atoms with Crippen LogP contribution in [0.15, 0.2) is 12.3 Å². The van der Waals surface area contributed by atoms with E-state index in [1.165, 1.54) is 0 Å². The van der Waals surface area contributed by atoms with Gasteiger partial charge in [0.1, 0.15) is 0 Å². The normalized spacial score (nSPS) is 19.9. The molecule has 2 rings (SSSR count). The molecule has 0 aliphatic carbocycles. The smallest absolute Gasteiger partial charge is 0.225 e. The maximum atomic E-state index is 11.6. The molecule has 1 aliphatic heterocycles. The minimum absolute atomic E-state index is 0.00852. The predicted octanol–water partition coefficient (Wildman–Crippen LogP) is 1.32. The fraction of sp³-hybridized carbons (Fsp3) is 0.636. The molecule has 1 aromatic heterocycles. The zero-order valence-corrected chi connectivity index (χ0v) is 9.48. The molecule has 1 unspecified atom stereocenters. The minimum Gasteiger partial charge on any atom is -0.378 e. The van der Waals surface area contributed by atoms with Gasteiger partial charge in [0.05, 0.1) is 6.10 Å². The molecular formula is C11H17N3O2. The van der Waals surface area contributed by atoms with Crippen LogP contribution in [0.2, 0.25) is 0 Å². The zero-order chi connectivity index (χ0) is 11.4. The Morgan fingerprint density at radius 2 is 2.62 bits per heavy atom. The van der Waals surface area contributed by atoms with Gasteiger partial charge in [-0.25, -0.2) is 0 Å². The van der Waals surface area contributed by atoms with Gasteiger partial charge in [-0.15, -0.1) is 0 Å². The molecule has 0 radical (unpaired) electrons. The van der Waals surface area contributed by atoms with Crippen LogP contribution in [0.4, 0.5) is 5.82 Å². The molecule has 88 valence electrons. The Labute approximate surface area is 94.8 Å². The lowest BCUT2D eigenvalue weighted by molar-refractivity contribution is -0.116. The molecule has 0 saturated carbocycles. The Kier molecular flexibility index (Phi) is 3.56. The van der Waals surface area contributed by atoms with Crippen LogP contribution in [-0.4, -0.2) is 28.4 Å². The van der Waals surface area contributed by atoms with Crippen LogP contribution in [0.5, 0.6) is 0 Å². The lowest BCUT2D eigenvalue weighted by Gasteiger charge is -2.08. The van der Waals surface area contributed by atoms with Gasteiger partial charge in [-0.2, -0.15) is 5.10 Å². The lowest BCUT2D eigenvalue weighted by Crippen LogP contribution is -2.15. The SMILES string of the molecule is Cn1ccc(NC(=O)CCC2CCCO2)n1. The second-order valence-corrected chi connectivity index (χ2v) is 4.10. The molecule has 0 aromatic carbocycles. The molecular weight excluding hydrogens is 206 g/mol. The average molecular weight is 223 g/mol. The van der Waals surface area contributed by atoms with Gasteiger partial charge in [0, 0.05) is 32.3 Å². The molecule has 1 fully saturated rings. The number of hydrogen-bond donors (Lipinski definition) is 1. The summed E-state index contributed by atoms with van der Waals surface area (Å²) in [5.41, 5.74) is 0. The van der Waals surface area contributed by atoms with E-state index in [0.717, 1.165) is 25.9 Å². The third-order valence-corrected chi connectivity index (χ3v) is 2.70. The molecule has 1 atom stereocenters. The van der Waals surface area contributed by atoms with Crippen LogP contribution in [0, 0.1) is 0 Å². The van der Waals surface area contributed by atoms with Crippen molar-refractivity contribution in [1.82, 2.24) is 9.78 Å². The van der Waals surface area contributed by atoms with Crippen molar-refractivity contribution in [2.24, 2.45) is 7.05 Å². The standard InChI is InChI=1S/C11H17N3O2/c1-14-7-6-10(13-14)12-11(15)5-4-9-3-2-8-16-9/h6-7,9H,2-5,8H2,1H3,(H,12,13,15). The Hall–Kier alpha value is -1.36. The van der Waals surface area contributed by atoms with E-state index in [4.69, 9.17) is 4.74 Å². The molecule has 1 aliphatic rings. The highest BCUT2D eigenvalue weighted by molar-refractivity contribution is 5.89. The number of nitrogens with one attached hydrogen (secondary N) is 1. The predicted molar refractivity (Wildman–Crippen MR) is 60.0 cm³/mol. The first-order valence-corrected chi connectivity index (χ1v) is 5.65. The van der Waals surface area contributed by atoms with Crippen molar-refractivity contribution >= 4 is 11.7 Å². The van der Waals surface area contributed by atoms with E-state index in [0.29, 0.717) is 12.2 Å². The van der Waals surface area contributed by atoms with Crippen LogP contribution in [0.25, 0.3) is 0 Å². The summed E-state index contributed by atoms with van der Waals surface area (Å²) >= 11 is 0. The number of amides is 1. The molecule has 1 N–H and O–H groups in total. The zero-order valence-electron chi connectivity index (χ0n) is 9.48. The summed E-state index contributed by atoms with van der Waals surface area (Å²) < 4.78 is 7.12. The lowest BCUT2D eigenvalue weighted by atomic mass is 10.1. The van der Waals surface area contributed by atoms with E-state index < -0.39 is 0 Å². The molecule has 0 spiro atoms. The molecule has 5 heteroatoms. The number of aromatic nitrogens is 2. The van der Waals surface area contributed by atoms with E-state index in [-0.39, 0.29) is 12.0 Å². The number of hydrogen-bond acceptors (Lipinski definition) is 3. The first kappa shape index (κ1) is 11.1. The monoisotopic (exact) mass is 223 g/mol. The van der Waals surface area contributed by atoms with Gasteiger partial charge in [-0.3, -0.25) is 9.48 Å². The van der Waals surface area contributed by atoms with Crippen molar-refractivity contribution in [1.29, 1.82) is 0 Å². The van der Waals surface area contributed by atoms with Crippen molar-refractivity contribution in [2.75, 3.05) is 11.9 Å². The number of carbonyl (C=O) groups is 1. The van der Waals surface area contributed by atoms with Crippen LogP contribution in [-0.2, 0) is 16.6 Å². The fourth-order valence-corrected chi connectivity index (χ4v) is 1.85. The highest BCUT2D eigenvalue weighted by Gasteiger charge is 2.16. The molecule has 2 heterocycles. The molecule has 1 amide bonds. The average Bonchev–Trinajstić information content (AvgIpc) is 2.87. The Morgan fingerprint density at radius 3 is 3.25 bits per heavy atom. The quantitative estimate of drug-likeness (QED) is 0.837. The summed E-state index contributed by atoms with van der Waals surface area (Å²) in [6, 6.07) is 1.78. The van der Waals surface area contributed by atoms with Crippen LogP contribution in [0.3, 0.4) is 0 Å². The van der Waals surface area contributed by atoms with Gasteiger partial charge < -0.3 is 10.1 Å². The van der Waals surface area contributed by atoms with Gasteiger partial charge in [0.2, 0.25) is 5.91 Å². The summed E-state index contributed by atoms with van der Waals surface area (Å²) in [6.07, 6.45) is 5.58. The minimum atomic E-state index is 0.00852. The molecule has 5 nitrogen and oxygen atoms in total. The fourth-order valence-electron chi connectivity index (χ4n) is 1.85. The number of anilines is 1. The number of carbonyl (C=O) groups excluding carboxylic acids is 1. The largest absolute Gasteiger partial charge is 0.378 e. The van der Waals surface area contributed by atoms with Gasteiger partial charge in [-0.1, -0.05) is 0 Å². The maximum absolute atomic E-state index is 11.6. The Balaban J connectivity index is 1.71.